The molecule has 1 unspecified atom stereocenters. The Balaban J connectivity index is 1.60. The van der Waals surface area contributed by atoms with Crippen LogP contribution in [0.4, 0.5) is 0 Å². The first-order valence-electron chi connectivity index (χ1n) is 11.7. The minimum absolute atomic E-state index is 0.0388. The molecular weight excluding hydrogens is 458 g/mol. The summed E-state index contributed by atoms with van der Waals surface area (Å²) in [6.45, 7) is 4.74. The van der Waals surface area contributed by atoms with Crippen LogP contribution in [0.15, 0.2) is 66.9 Å². The van der Waals surface area contributed by atoms with Gasteiger partial charge in [0.15, 0.2) is 5.76 Å². The Labute approximate surface area is 208 Å². The SMILES string of the molecule is COc1ccc(C2/C(=C(\O)c3nc4c(C)cccn4c3C)C(=O)C(=O)N2CCCn2ccnc2)cc1. The van der Waals surface area contributed by atoms with Gasteiger partial charge >= 0.3 is 0 Å². The highest BCUT2D eigenvalue weighted by Crippen LogP contribution is 2.40. The second-order valence-electron chi connectivity index (χ2n) is 8.85. The molecular formula is C27H27N5O4. The first kappa shape index (κ1) is 23.3. The lowest BCUT2D eigenvalue weighted by atomic mass is 9.96. The van der Waals surface area contributed by atoms with E-state index in [-0.39, 0.29) is 11.3 Å². The number of aliphatic hydroxyl groups excluding tert-OH is 1. The van der Waals surface area contributed by atoms with Gasteiger partial charge < -0.3 is 23.7 Å². The molecule has 1 amide bonds. The molecule has 1 saturated heterocycles. The molecule has 36 heavy (non-hydrogen) atoms. The molecule has 0 bridgehead atoms. The fourth-order valence-electron chi connectivity index (χ4n) is 4.76. The molecule has 0 aliphatic carbocycles. The van der Waals surface area contributed by atoms with E-state index in [4.69, 9.17) is 4.74 Å². The largest absolute Gasteiger partial charge is 0.505 e. The van der Waals surface area contributed by atoms with Crippen molar-refractivity contribution in [3.05, 3.63) is 89.4 Å². The second-order valence-corrected chi connectivity index (χ2v) is 8.85. The lowest BCUT2D eigenvalue weighted by Gasteiger charge is -2.25. The smallest absolute Gasteiger partial charge is 0.295 e. The van der Waals surface area contributed by atoms with Crippen molar-refractivity contribution < 1.29 is 19.4 Å². The predicted octanol–water partition coefficient (Wildman–Crippen LogP) is 3.67. The van der Waals surface area contributed by atoms with Crippen molar-refractivity contribution >= 4 is 23.1 Å². The van der Waals surface area contributed by atoms with Crippen molar-refractivity contribution in [2.75, 3.05) is 13.7 Å². The molecule has 184 valence electrons. The number of methoxy groups -OCH3 is 1. The van der Waals surface area contributed by atoms with Crippen LogP contribution in [0.2, 0.25) is 0 Å². The van der Waals surface area contributed by atoms with Gasteiger partial charge in [0.1, 0.15) is 17.1 Å². The van der Waals surface area contributed by atoms with Crippen LogP contribution in [0.5, 0.6) is 5.75 Å². The highest BCUT2D eigenvalue weighted by atomic mass is 16.5. The molecule has 1 N–H and O–H groups in total. The summed E-state index contributed by atoms with van der Waals surface area (Å²) in [5.41, 5.74) is 3.34. The minimum Gasteiger partial charge on any atom is -0.505 e. The fraction of sp³-hybridized carbons (Fsp3) is 0.259. The number of Topliss-reactive ketones (excluding diaryl/α,β-unsaturated/α-hetero) is 1. The van der Waals surface area contributed by atoms with E-state index < -0.39 is 17.7 Å². The predicted molar refractivity (Wildman–Crippen MR) is 134 cm³/mol. The summed E-state index contributed by atoms with van der Waals surface area (Å²) >= 11 is 0. The zero-order valence-corrected chi connectivity index (χ0v) is 20.4. The van der Waals surface area contributed by atoms with Crippen LogP contribution in [-0.4, -0.2) is 54.3 Å². The van der Waals surface area contributed by atoms with Gasteiger partial charge in [-0.3, -0.25) is 9.59 Å². The summed E-state index contributed by atoms with van der Waals surface area (Å²) in [4.78, 5) is 36.8. The number of hydrogen-bond donors (Lipinski definition) is 1. The number of aromatic nitrogens is 4. The molecule has 1 fully saturated rings. The fourth-order valence-corrected chi connectivity index (χ4v) is 4.76. The van der Waals surface area contributed by atoms with E-state index in [0.29, 0.717) is 47.9 Å². The molecule has 1 aromatic carbocycles. The van der Waals surface area contributed by atoms with Gasteiger partial charge in [-0.25, -0.2) is 9.97 Å². The van der Waals surface area contributed by atoms with E-state index in [1.54, 1.807) is 31.8 Å². The van der Waals surface area contributed by atoms with Gasteiger partial charge in [-0.1, -0.05) is 18.2 Å². The molecule has 0 spiro atoms. The van der Waals surface area contributed by atoms with Crippen LogP contribution in [0.3, 0.4) is 0 Å². The number of benzene rings is 1. The average molecular weight is 486 g/mol. The van der Waals surface area contributed by atoms with Crippen LogP contribution < -0.4 is 4.74 Å². The number of rotatable bonds is 7. The number of likely N-dealkylation sites (tertiary alicyclic amines) is 1. The number of aliphatic hydroxyl groups is 1. The van der Waals surface area contributed by atoms with E-state index in [0.717, 1.165) is 5.56 Å². The number of ketones is 1. The third-order valence-corrected chi connectivity index (χ3v) is 6.65. The number of nitrogens with zero attached hydrogens (tertiary/aromatic N) is 5. The number of fused-ring (bicyclic) bond motifs is 1. The summed E-state index contributed by atoms with van der Waals surface area (Å²) in [7, 11) is 1.57. The topological polar surface area (TPSA) is 102 Å². The van der Waals surface area contributed by atoms with Crippen molar-refractivity contribution in [2.45, 2.75) is 32.9 Å². The maximum absolute atomic E-state index is 13.3. The standard InChI is InChI=1S/C27H27N5O4/c1-17-6-4-13-31-18(2)22(29-26(17)31)24(33)21-23(19-7-9-20(36-3)10-8-19)32(27(35)25(21)34)14-5-12-30-15-11-28-16-30/h4,6-11,13,15-16,23,33H,5,12,14H2,1-3H3/b24-21+. The number of hydrogen-bond acceptors (Lipinski definition) is 6. The maximum Gasteiger partial charge on any atom is 0.295 e. The van der Waals surface area contributed by atoms with Gasteiger partial charge in [0, 0.05) is 31.7 Å². The lowest BCUT2D eigenvalue weighted by Crippen LogP contribution is -2.31. The molecule has 9 heteroatoms. The first-order chi connectivity index (χ1) is 17.4. The van der Waals surface area contributed by atoms with Crippen molar-refractivity contribution in [1.29, 1.82) is 0 Å². The van der Waals surface area contributed by atoms with Crippen LogP contribution >= 0.6 is 0 Å². The van der Waals surface area contributed by atoms with Gasteiger partial charge in [0.2, 0.25) is 0 Å². The summed E-state index contributed by atoms with van der Waals surface area (Å²) < 4.78 is 9.07. The third kappa shape index (κ3) is 3.92. The Kier molecular flexibility index (Phi) is 6.05. The van der Waals surface area contributed by atoms with E-state index in [1.165, 1.54) is 4.90 Å². The molecule has 3 aromatic heterocycles. The minimum atomic E-state index is -0.746. The average Bonchev–Trinajstić information content (AvgIpc) is 3.59. The van der Waals surface area contributed by atoms with Gasteiger partial charge in [0.05, 0.1) is 30.7 Å². The number of carbonyl (C=O) groups excluding carboxylic acids is 2. The Bertz CT molecular complexity index is 1470. The number of carbonyl (C=O) groups is 2. The van der Waals surface area contributed by atoms with Gasteiger partial charge in [0.25, 0.3) is 11.7 Å². The molecule has 4 aromatic rings. The van der Waals surface area contributed by atoms with E-state index in [1.807, 2.05) is 59.5 Å². The van der Waals surface area contributed by atoms with E-state index in [2.05, 4.69) is 9.97 Å². The molecule has 1 atom stereocenters. The first-order valence-corrected chi connectivity index (χ1v) is 11.7. The van der Waals surface area contributed by atoms with Crippen LogP contribution in [0.25, 0.3) is 11.4 Å². The third-order valence-electron chi connectivity index (χ3n) is 6.65. The van der Waals surface area contributed by atoms with E-state index in [9.17, 15) is 14.7 Å². The van der Waals surface area contributed by atoms with Crippen LogP contribution in [0, 0.1) is 13.8 Å². The van der Waals surface area contributed by atoms with Crippen molar-refractivity contribution in [3.63, 3.8) is 0 Å². The molecule has 1 aliphatic heterocycles. The molecule has 9 nitrogen and oxygen atoms in total. The zero-order chi connectivity index (χ0) is 25.4. The van der Waals surface area contributed by atoms with Crippen LogP contribution in [-0.2, 0) is 16.1 Å². The van der Waals surface area contributed by atoms with Crippen molar-refractivity contribution in [1.82, 2.24) is 23.8 Å². The van der Waals surface area contributed by atoms with Crippen molar-refractivity contribution in [3.8, 4) is 5.75 Å². The molecule has 0 radical (unpaired) electrons. The van der Waals surface area contributed by atoms with Gasteiger partial charge in [-0.15, -0.1) is 0 Å². The number of ether oxygens (including phenoxy) is 1. The molecule has 4 heterocycles. The Hall–Kier alpha value is -4.40. The van der Waals surface area contributed by atoms with Crippen LogP contribution in [0.1, 0.15) is 35.0 Å². The summed E-state index contributed by atoms with van der Waals surface area (Å²) in [6.07, 6.45) is 7.73. The number of amides is 1. The lowest BCUT2D eigenvalue weighted by molar-refractivity contribution is -0.139. The zero-order valence-electron chi connectivity index (χ0n) is 20.4. The normalized spacial score (nSPS) is 17.3. The quantitative estimate of drug-likeness (QED) is 0.244. The highest BCUT2D eigenvalue weighted by Gasteiger charge is 2.46. The number of pyridine rings is 1. The number of imidazole rings is 2. The van der Waals surface area contributed by atoms with E-state index >= 15 is 0 Å². The van der Waals surface area contributed by atoms with Crippen molar-refractivity contribution in [2.24, 2.45) is 0 Å². The second kappa shape index (κ2) is 9.33. The summed E-state index contributed by atoms with van der Waals surface area (Å²) in [6, 6.07) is 10.3. The Morgan fingerprint density at radius 3 is 2.53 bits per heavy atom. The molecule has 1 aliphatic rings. The molecule has 5 rings (SSSR count). The summed E-state index contributed by atoms with van der Waals surface area (Å²) in [5, 5.41) is 11.5. The Morgan fingerprint density at radius 2 is 1.86 bits per heavy atom. The maximum atomic E-state index is 13.3. The monoisotopic (exact) mass is 485 g/mol. The Morgan fingerprint density at radius 1 is 1.08 bits per heavy atom. The number of aryl methyl sites for hydroxylation is 3. The van der Waals surface area contributed by atoms with Gasteiger partial charge in [-0.2, -0.15) is 0 Å². The summed E-state index contributed by atoms with van der Waals surface area (Å²) in [5.74, 6) is -0.973. The highest BCUT2D eigenvalue weighted by molar-refractivity contribution is 6.46. The van der Waals surface area contributed by atoms with Gasteiger partial charge in [-0.05, 0) is 49.6 Å². The molecule has 0 saturated carbocycles.